The summed E-state index contributed by atoms with van der Waals surface area (Å²) in [7, 11) is 1.22. The Morgan fingerprint density at radius 1 is 0.731 bits per heavy atom. The smallest absolute Gasteiger partial charge is 0.00244 e. The molecule has 0 aliphatic rings. The van der Waals surface area contributed by atoms with Crippen LogP contribution in [0.5, 0.6) is 0 Å². The Balaban J connectivity index is 0.000000258. The van der Waals surface area contributed by atoms with Gasteiger partial charge in [0.25, 0.3) is 0 Å². The van der Waals surface area contributed by atoms with Crippen LogP contribution in [0.4, 0.5) is 0 Å². The van der Waals surface area contributed by atoms with Crippen molar-refractivity contribution in [3.05, 3.63) is 103 Å². The van der Waals surface area contributed by atoms with Crippen LogP contribution < -0.4 is 10.6 Å². The topological polar surface area (TPSA) is 0 Å². The highest BCUT2D eigenvalue weighted by atomic mass is 31.1. The first kappa shape index (κ1) is 22.1. The second-order valence-electron chi connectivity index (χ2n) is 5.74. The van der Waals surface area contributed by atoms with Crippen LogP contribution in [0.3, 0.4) is 0 Å². The van der Waals surface area contributed by atoms with Gasteiger partial charge >= 0.3 is 0 Å². The molecule has 0 N–H and O–H groups in total. The lowest BCUT2D eigenvalue weighted by molar-refractivity contribution is 1.48. The second-order valence-corrected chi connectivity index (χ2v) is 9.67. The predicted octanol–water partition coefficient (Wildman–Crippen LogP) is 5.26. The van der Waals surface area contributed by atoms with Crippen LogP contribution in [0.25, 0.3) is 6.08 Å². The van der Waals surface area contributed by atoms with Gasteiger partial charge in [-0.1, -0.05) is 124 Å². The van der Waals surface area contributed by atoms with Crippen molar-refractivity contribution in [2.75, 3.05) is 6.16 Å². The van der Waals surface area contributed by atoms with Crippen LogP contribution in [0, 0.1) is 0 Å². The van der Waals surface area contributed by atoms with Crippen molar-refractivity contribution in [1.29, 1.82) is 0 Å². The maximum absolute atomic E-state index is 3.63. The zero-order chi connectivity index (χ0) is 19.0. The number of hydrogen-bond donors (Lipinski definition) is 0. The molecule has 0 heterocycles. The lowest BCUT2D eigenvalue weighted by Gasteiger charge is -2.16. The molecule has 3 aromatic carbocycles. The van der Waals surface area contributed by atoms with Gasteiger partial charge in [-0.3, -0.25) is 0 Å². The summed E-state index contributed by atoms with van der Waals surface area (Å²) in [5.41, 5.74) is 1.17. The monoisotopic (exact) mass is 378 g/mol. The van der Waals surface area contributed by atoms with Gasteiger partial charge in [0.05, 0.1) is 0 Å². The zero-order valence-electron chi connectivity index (χ0n) is 16.3. The van der Waals surface area contributed by atoms with Gasteiger partial charge in [0.15, 0.2) is 0 Å². The van der Waals surface area contributed by atoms with E-state index in [1.165, 1.54) is 38.6 Å². The fraction of sp³-hybridized carbons (Fsp3) is 0.167. The van der Waals surface area contributed by atoms with Gasteiger partial charge in [0.2, 0.25) is 0 Å². The first-order valence-corrected chi connectivity index (χ1v) is 12.3. The molecule has 2 heteroatoms. The third-order valence-corrected chi connectivity index (χ3v) is 5.96. The summed E-state index contributed by atoms with van der Waals surface area (Å²) in [5.74, 6) is 0. The average molecular weight is 379 g/mol. The second kappa shape index (κ2) is 14.2. The van der Waals surface area contributed by atoms with E-state index in [-0.39, 0.29) is 7.92 Å². The van der Waals surface area contributed by atoms with Crippen LogP contribution in [0.2, 0.25) is 6.04 Å². The Hall–Kier alpha value is -1.95. The molecule has 0 aliphatic heterocycles. The third-order valence-electron chi connectivity index (χ3n) is 3.49. The minimum absolute atomic E-state index is 0.149. The van der Waals surface area contributed by atoms with Crippen molar-refractivity contribution in [3.8, 4) is 0 Å². The van der Waals surface area contributed by atoms with Gasteiger partial charge in [-0.15, -0.1) is 0 Å². The Morgan fingerprint density at radius 3 is 1.35 bits per heavy atom. The van der Waals surface area contributed by atoms with Crippen molar-refractivity contribution in [3.63, 3.8) is 0 Å². The first-order valence-electron chi connectivity index (χ1n) is 9.31. The summed E-state index contributed by atoms with van der Waals surface area (Å²) in [6.45, 7) is 8.09. The molecule has 0 saturated carbocycles. The van der Waals surface area contributed by atoms with E-state index in [4.69, 9.17) is 0 Å². The van der Waals surface area contributed by atoms with E-state index in [0.29, 0.717) is 0 Å². The summed E-state index contributed by atoms with van der Waals surface area (Å²) >= 11 is 0. The van der Waals surface area contributed by atoms with E-state index in [1.54, 1.807) is 0 Å². The third kappa shape index (κ3) is 8.42. The number of hydrogen-bond acceptors (Lipinski definition) is 0. The first-order chi connectivity index (χ1) is 12.8. The molecule has 26 heavy (non-hydrogen) atoms. The van der Waals surface area contributed by atoms with E-state index >= 15 is 0 Å². The Bertz CT molecular complexity index is 657. The Morgan fingerprint density at radius 2 is 1.08 bits per heavy atom. The molecule has 0 atom stereocenters. The minimum atomic E-state index is -0.149. The van der Waals surface area contributed by atoms with Crippen molar-refractivity contribution in [2.24, 2.45) is 0 Å². The van der Waals surface area contributed by atoms with Crippen LogP contribution in [0.15, 0.2) is 97.6 Å². The van der Waals surface area contributed by atoms with Gasteiger partial charge in [-0.05, 0) is 30.3 Å². The summed E-state index contributed by atoms with van der Waals surface area (Å²) in [5, 5.41) is 2.95. The van der Waals surface area contributed by atoms with Crippen LogP contribution >= 0.6 is 7.92 Å². The molecule has 0 fully saturated rings. The Kier molecular flexibility index (Phi) is 12.1. The van der Waals surface area contributed by atoms with Gasteiger partial charge in [0.1, 0.15) is 0 Å². The fourth-order valence-corrected chi connectivity index (χ4v) is 4.41. The minimum Gasteiger partial charge on any atom is -0.0985 e. The Labute approximate surface area is 164 Å². The summed E-state index contributed by atoms with van der Waals surface area (Å²) < 4.78 is 0. The summed E-state index contributed by atoms with van der Waals surface area (Å²) in [6, 6.07) is 33.0. The van der Waals surface area contributed by atoms with Gasteiger partial charge in [-0.25, -0.2) is 0 Å². The van der Waals surface area contributed by atoms with Crippen LogP contribution in [-0.4, -0.2) is 16.4 Å². The molecule has 0 unspecified atom stereocenters. The molecular weight excluding hydrogens is 347 g/mol. The SMILES string of the molecule is C=Cc1ccccc1.CCP(c1ccccc1)c1ccccc1.CC[SiH3]. The largest absolute Gasteiger partial charge is 0.0985 e. The van der Waals surface area contributed by atoms with Crippen molar-refractivity contribution < 1.29 is 0 Å². The molecule has 0 radical (unpaired) electrons. The molecule has 3 aromatic rings. The van der Waals surface area contributed by atoms with E-state index < -0.39 is 0 Å². The van der Waals surface area contributed by atoms with Crippen LogP contribution in [0.1, 0.15) is 19.4 Å². The molecule has 0 spiro atoms. The van der Waals surface area contributed by atoms with E-state index in [9.17, 15) is 0 Å². The molecule has 0 nitrogen and oxygen atoms in total. The lowest BCUT2D eigenvalue weighted by atomic mass is 10.2. The highest BCUT2D eigenvalue weighted by molar-refractivity contribution is 7.72. The van der Waals surface area contributed by atoms with E-state index in [2.05, 4.69) is 81.1 Å². The van der Waals surface area contributed by atoms with Crippen molar-refractivity contribution >= 4 is 34.8 Å². The highest BCUT2D eigenvalue weighted by Gasteiger charge is 2.09. The average Bonchev–Trinajstić information content (AvgIpc) is 2.72. The maximum Gasteiger partial charge on any atom is 0.00244 e. The molecule has 3 rings (SSSR count). The maximum atomic E-state index is 3.63. The van der Waals surface area contributed by atoms with Crippen molar-refractivity contribution in [2.45, 2.75) is 19.9 Å². The standard InChI is InChI=1S/C14H15P.C8H8.C2H8Si/c1-2-15(13-9-5-3-6-10-13)14-11-7-4-8-12-14;1-2-8-6-4-3-5-7-8;1-2-3/h3-12H,2H2,1H3;2-7H,1H2;2H2,1,3H3. The normalized spacial score (nSPS) is 9.50. The lowest BCUT2D eigenvalue weighted by Crippen LogP contribution is -2.12. The van der Waals surface area contributed by atoms with Gasteiger partial charge < -0.3 is 0 Å². The van der Waals surface area contributed by atoms with E-state index in [1.807, 2.05) is 36.4 Å². The number of benzene rings is 3. The fourth-order valence-electron chi connectivity index (χ4n) is 2.32. The molecular formula is C24H31PSi. The van der Waals surface area contributed by atoms with E-state index in [0.717, 1.165) is 0 Å². The highest BCUT2D eigenvalue weighted by Crippen LogP contribution is 2.32. The molecule has 0 bridgehead atoms. The molecule has 0 amide bonds. The summed E-state index contributed by atoms with van der Waals surface area (Å²) in [6.07, 6.45) is 3.04. The quantitative estimate of drug-likeness (QED) is 0.429. The van der Waals surface area contributed by atoms with Crippen LogP contribution in [-0.2, 0) is 0 Å². The van der Waals surface area contributed by atoms with Crippen molar-refractivity contribution in [1.82, 2.24) is 0 Å². The van der Waals surface area contributed by atoms with Gasteiger partial charge in [0, 0.05) is 10.2 Å². The summed E-state index contributed by atoms with van der Waals surface area (Å²) in [4.78, 5) is 0. The predicted molar refractivity (Wildman–Crippen MR) is 127 cm³/mol. The van der Waals surface area contributed by atoms with Gasteiger partial charge in [-0.2, -0.15) is 0 Å². The molecule has 136 valence electrons. The number of rotatable bonds is 4. The zero-order valence-corrected chi connectivity index (χ0v) is 19.2. The molecule has 0 saturated heterocycles. The molecule has 0 aliphatic carbocycles. The molecule has 0 aromatic heterocycles.